The third-order valence-electron chi connectivity index (χ3n) is 13.7. The Bertz CT molecular complexity index is 4010. The minimum atomic E-state index is 1.14. The Labute approximate surface area is 395 Å². The second-order valence-electron chi connectivity index (χ2n) is 17.7. The minimum absolute atomic E-state index is 1.14. The van der Waals surface area contributed by atoms with Crippen LogP contribution in [0, 0.1) is 0 Å². The van der Waals surface area contributed by atoms with E-state index >= 15 is 0 Å². The Morgan fingerprint density at radius 1 is 0.162 bits per heavy atom. The number of fused-ring (bicyclic) bond motifs is 6. The van der Waals surface area contributed by atoms with Crippen LogP contribution >= 0.6 is 0 Å². The van der Waals surface area contributed by atoms with E-state index in [2.05, 4.69) is 276 Å². The van der Waals surface area contributed by atoms with Crippen molar-refractivity contribution in [1.29, 1.82) is 0 Å². The summed E-state index contributed by atoms with van der Waals surface area (Å²) in [4.78, 5) is 0. The summed E-state index contributed by atoms with van der Waals surface area (Å²) in [5.41, 5.74) is 21.3. The first kappa shape index (κ1) is 39.4. The first-order chi connectivity index (χ1) is 33.7. The van der Waals surface area contributed by atoms with Crippen molar-refractivity contribution >= 4 is 43.6 Å². The van der Waals surface area contributed by atoms with E-state index in [1.54, 1.807) is 0 Å². The average molecular weight is 865 g/mol. The van der Waals surface area contributed by atoms with Gasteiger partial charge in [-0.2, -0.15) is 0 Å². The summed E-state index contributed by atoms with van der Waals surface area (Å²) in [7, 11) is 0. The number of aromatic nitrogens is 2. The van der Waals surface area contributed by atoms with E-state index in [0.29, 0.717) is 0 Å². The van der Waals surface area contributed by atoms with Gasteiger partial charge in [0.05, 0.1) is 22.1 Å². The summed E-state index contributed by atoms with van der Waals surface area (Å²) in [6.45, 7) is 0. The van der Waals surface area contributed by atoms with E-state index in [4.69, 9.17) is 0 Å². The van der Waals surface area contributed by atoms with Crippen LogP contribution < -0.4 is 0 Å². The van der Waals surface area contributed by atoms with Gasteiger partial charge in [0.15, 0.2) is 0 Å². The van der Waals surface area contributed by atoms with Crippen molar-refractivity contribution in [3.05, 3.63) is 267 Å². The number of hydrogen-bond donors (Lipinski definition) is 0. The van der Waals surface area contributed by atoms with Gasteiger partial charge in [0.2, 0.25) is 0 Å². The summed E-state index contributed by atoms with van der Waals surface area (Å²) in [6.07, 6.45) is 0. The van der Waals surface area contributed by atoms with E-state index in [-0.39, 0.29) is 0 Å². The maximum Gasteiger partial charge on any atom is 0.0547 e. The highest BCUT2D eigenvalue weighted by atomic mass is 15.0. The highest BCUT2D eigenvalue weighted by Crippen LogP contribution is 2.41. The van der Waals surface area contributed by atoms with Gasteiger partial charge in [0.25, 0.3) is 0 Å². The molecule has 2 aromatic heterocycles. The van der Waals surface area contributed by atoms with Crippen LogP contribution in [0.5, 0.6) is 0 Å². The molecule has 0 amide bonds. The molecule has 0 unspecified atom stereocenters. The van der Waals surface area contributed by atoms with E-state index in [1.165, 1.54) is 110 Å². The fourth-order valence-corrected chi connectivity index (χ4v) is 10.4. The highest BCUT2D eigenvalue weighted by molar-refractivity contribution is 6.12. The van der Waals surface area contributed by atoms with Crippen molar-refractivity contribution in [2.45, 2.75) is 0 Å². The van der Waals surface area contributed by atoms with Crippen molar-refractivity contribution in [1.82, 2.24) is 9.13 Å². The Morgan fingerprint density at radius 3 is 1.04 bits per heavy atom. The molecular weight excluding hydrogens is 821 g/mol. The molecule has 0 radical (unpaired) electrons. The van der Waals surface area contributed by atoms with Gasteiger partial charge in [0.1, 0.15) is 0 Å². The summed E-state index contributed by atoms with van der Waals surface area (Å²) in [5.74, 6) is 0. The van der Waals surface area contributed by atoms with Crippen LogP contribution in [0.25, 0.3) is 122 Å². The Balaban J connectivity index is 0.999. The molecule has 13 aromatic rings. The first-order valence-electron chi connectivity index (χ1n) is 23.4. The molecule has 318 valence electrons. The second kappa shape index (κ2) is 16.5. The summed E-state index contributed by atoms with van der Waals surface area (Å²) < 4.78 is 4.86. The van der Waals surface area contributed by atoms with Gasteiger partial charge in [-0.25, -0.2) is 0 Å². The lowest BCUT2D eigenvalue weighted by molar-refractivity contribution is 1.18. The van der Waals surface area contributed by atoms with Gasteiger partial charge in [-0.15, -0.1) is 0 Å². The minimum Gasteiger partial charge on any atom is -0.309 e. The number of hydrogen-bond acceptors (Lipinski definition) is 0. The smallest absolute Gasteiger partial charge is 0.0547 e. The molecule has 0 N–H and O–H groups in total. The highest BCUT2D eigenvalue weighted by Gasteiger charge is 2.18. The van der Waals surface area contributed by atoms with Crippen molar-refractivity contribution in [3.63, 3.8) is 0 Å². The number of benzene rings is 11. The zero-order chi connectivity index (χ0) is 45.0. The number of para-hydroxylation sites is 2. The van der Waals surface area contributed by atoms with E-state index in [9.17, 15) is 0 Å². The molecular formula is C66H44N2. The molecule has 0 fully saturated rings. The average Bonchev–Trinajstić information content (AvgIpc) is 3.94. The zero-order valence-electron chi connectivity index (χ0n) is 37.3. The van der Waals surface area contributed by atoms with Crippen molar-refractivity contribution in [3.8, 4) is 78.1 Å². The molecule has 13 rings (SSSR count). The molecule has 0 spiro atoms. The Kier molecular flexibility index (Phi) is 9.54. The van der Waals surface area contributed by atoms with Gasteiger partial charge in [-0.3, -0.25) is 0 Å². The molecule has 0 saturated heterocycles. The van der Waals surface area contributed by atoms with Gasteiger partial charge in [-0.05, 0) is 146 Å². The largest absolute Gasteiger partial charge is 0.309 e. The van der Waals surface area contributed by atoms with Crippen LogP contribution in [-0.4, -0.2) is 9.13 Å². The molecule has 0 bridgehead atoms. The van der Waals surface area contributed by atoms with Crippen molar-refractivity contribution in [2.24, 2.45) is 0 Å². The first-order valence-corrected chi connectivity index (χ1v) is 23.4. The van der Waals surface area contributed by atoms with Crippen LogP contribution in [0.1, 0.15) is 0 Å². The fourth-order valence-electron chi connectivity index (χ4n) is 10.4. The van der Waals surface area contributed by atoms with Crippen molar-refractivity contribution in [2.75, 3.05) is 0 Å². The normalized spacial score (nSPS) is 11.5. The molecule has 11 aromatic carbocycles. The molecule has 0 aliphatic rings. The third-order valence-corrected chi connectivity index (χ3v) is 13.7. The molecule has 0 atom stereocenters. The quantitative estimate of drug-likeness (QED) is 0.144. The maximum absolute atomic E-state index is 2.44. The van der Waals surface area contributed by atoms with Gasteiger partial charge >= 0.3 is 0 Å². The number of rotatable bonds is 8. The number of nitrogens with zero attached hydrogens (tertiary/aromatic N) is 2. The Morgan fingerprint density at radius 2 is 0.500 bits per heavy atom. The van der Waals surface area contributed by atoms with E-state index in [0.717, 1.165) is 11.4 Å². The standard InChI is InChI=1S/C66H44N2/c1-4-17-45(18-5-1)48-23-14-24-49(37-48)54-38-55(52-34-36-65-62(43-52)60-30-11-13-32-64(60)67(65)57-27-15-25-50(41-57)46-19-6-2-7-20-46)40-56(39-54)53-33-35-61-59-29-10-12-31-63(59)68(66(61)44-53)58-28-16-26-51(42-58)47-21-8-3-9-22-47/h1-44H. The molecule has 2 heteroatoms. The molecule has 2 nitrogen and oxygen atoms in total. The predicted octanol–water partition coefficient (Wildman–Crippen LogP) is 17.9. The molecule has 0 aliphatic heterocycles. The van der Waals surface area contributed by atoms with Gasteiger partial charge in [-0.1, -0.05) is 188 Å². The van der Waals surface area contributed by atoms with Crippen LogP contribution in [0.3, 0.4) is 0 Å². The van der Waals surface area contributed by atoms with Crippen molar-refractivity contribution < 1.29 is 0 Å². The lowest BCUT2D eigenvalue weighted by Gasteiger charge is -2.14. The lowest BCUT2D eigenvalue weighted by atomic mass is 9.91. The van der Waals surface area contributed by atoms with Gasteiger partial charge < -0.3 is 9.13 Å². The van der Waals surface area contributed by atoms with E-state index < -0.39 is 0 Å². The fraction of sp³-hybridized carbons (Fsp3) is 0. The van der Waals surface area contributed by atoms with E-state index in [1.807, 2.05) is 0 Å². The monoisotopic (exact) mass is 864 g/mol. The van der Waals surface area contributed by atoms with Crippen LogP contribution in [-0.2, 0) is 0 Å². The van der Waals surface area contributed by atoms with Crippen LogP contribution in [0.15, 0.2) is 267 Å². The second-order valence-corrected chi connectivity index (χ2v) is 17.7. The zero-order valence-corrected chi connectivity index (χ0v) is 37.3. The van der Waals surface area contributed by atoms with Crippen LogP contribution in [0.2, 0.25) is 0 Å². The Hall–Kier alpha value is -8.98. The molecule has 2 heterocycles. The topological polar surface area (TPSA) is 9.86 Å². The molecule has 0 saturated carbocycles. The summed E-state index contributed by atoms with van der Waals surface area (Å²) in [5, 5.41) is 4.93. The summed E-state index contributed by atoms with van der Waals surface area (Å²) in [6, 6.07) is 97.6. The molecule has 0 aliphatic carbocycles. The maximum atomic E-state index is 2.44. The van der Waals surface area contributed by atoms with Crippen LogP contribution in [0.4, 0.5) is 0 Å². The predicted molar refractivity (Wildman–Crippen MR) is 288 cm³/mol. The lowest BCUT2D eigenvalue weighted by Crippen LogP contribution is -1.95. The van der Waals surface area contributed by atoms with Gasteiger partial charge in [0, 0.05) is 32.9 Å². The third kappa shape index (κ3) is 6.90. The SMILES string of the molecule is c1ccc(-c2cccc(-c3cc(-c4ccc5c(c4)c4ccccc4n5-c4cccc(-c5ccccc5)c4)cc(-c4ccc5c6ccccc6n(-c6cccc(-c7ccccc7)c6)c5c4)c3)c2)cc1. The summed E-state index contributed by atoms with van der Waals surface area (Å²) >= 11 is 0. The molecule has 68 heavy (non-hydrogen) atoms.